The van der Waals surface area contributed by atoms with E-state index in [2.05, 4.69) is 15.9 Å². The Morgan fingerprint density at radius 3 is 2.67 bits per heavy atom. The molecule has 0 aliphatic heterocycles. The zero-order valence-electron chi connectivity index (χ0n) is 8.96. The average molecular weight is 330 g/mol. The van der Waals surface area contributed by atoms with Crippen LogP contribution >= 0.6 is 27.3 Å². The largest absolute Gasteiger partial charge is 0.508 e. The van der Waals surface area contributed by atoms with Crippen molar-refractivity contribution in [2.45, 2.75) is 6.54 Å². The van der Waals surface area contributed by atoms with Crippen molar-refractivity contribution in [1.82, 2.24) is 4.57 Å². The molecule has 2 heterocycles. The van der Waals surface area contributed by atoms with Gasteiger partial charge in [-0.1, -0.05) is 0 Å². The van der Waals surface area contributed by atoms with Crippen LogP contribution < -0.4 is 5.56 Å². The summed E-state index contributed by atoms with van der Waals surface area (Å²) in [6, 6.07) is 5.69. The Morgan fingerprint density at radius 2 is 2.11 bits per heavy atom. The van der Waals surface area contributed by atoms with Gasteiger partial charge in [0.15, 0.2) is 0 Å². The topological polar surface area (TPSA) is 79.5 Å². The lowest BCUT2D eigenvalue weighted by atomic mass is 10.3. The fraction of sp³-hybridized carbons (Fsp3) is 0.0909. The van der Waals surface area contributed by atoms with E-state index in [0.29, 0.717) is 0 Å². The zero-order chi connectivity index (χ0) is 13.3. The van der Waals surface area contributed by atoms with E-state index in [1.165, 1.54) is 11.3 Å². The van der Waals surface area contributed by atoms with Crippen molar-refractivity contribution in [1.29, 1.82) is 0 Å². The van der Waals surface area contributed by atoms with Gasteiger partial charge in [-0.25, -0.2) is 4.79 Å². The van der Waals surface area contributed by atoms with Crippen LogP contribution in [0.5, 0.6) is 5.75 Å². The number of hydrogen-bond donors (Lipinski definition) is 2. The molecule has 0 radical (unpaired) electrons. The molecule has 94 valence electrons. The number of hydrogen-bond acceptors (Lipinski definition) is 4. The molecule has 5 nitrogen and oxygen atoms in total. The van der Waals surface area contributed by atoms with E-state index in [4.69, 9.17) is 5.11 Å². The Bertz CT molecular complexity index is 661. The lowest BCUT2D eigenvalue weighted by Crippen LogP contribution is -2.25. The number of rotatable bonds is 3. The second kappa shape index (κ2) is 4.95. The molecule has 0 amide bonds. The number of pyridine rings is 1. The molecule has 0 aliphatic rings. The van der Waals surface area contributed by atoms with E-state index in [0.717, 1.165) is 25.4 Å². The fourth-order valence-corrected chi connectivity index (χ4v) is 2.99. The van der Waals surface area contributed by atoms with Crippen LogP contribution in [-0.2, 0) is 6.54 Å². The number of aromatic hydroxyl groups is 1. The summed E-state index contributed by atoms with van der Waals surface area (Å²) in [6.45, 7) is 0.164. The van der Waals surface area contributed by atoms with Crippen LogP contribution in [0, 0.1) is 0 Å². The maximum absolute atomic E-state index is 11.7. The summed E-state index contributed by atoms with van der Waals surface area (Å²) >= 11 is 4.72. The molecule has 2 aromatic rings. The van der Waals surface area contributed by atoms with E-state index >= 15 is 0 Å². The highest BCUT2D eigenvalue weighted by Crippen LogP contribution is 2.23. The van der Waals surface area contributed by atoms with Crippen LogP contribution in [0.25, 0.3) is 0 Å². The van der Waals surface area contributed by atoms with Crippen molar-refractivity contribution in [2.24, 2.45) is 0 Å². The minimum atomic E-state index is -1.25. The van der Waals surface area contributed by atoms with Crippen LogP contribution in [0.1, 0.15) is 15.4 Å². The number of carboxylic acid groups (broad SMARTS) is 1. The molecule has 2 N–H and O–H groups in total. The van der Waals surface area contributed by atoms with Gasteiger partial charge in [0.25, 0.3) is 5.56 Å². The van der Waals surface area contributed by atoms with Crippen LogP contribution in [0.2, 0.25) is 0 Å². The van der Waals surface area contributed by atoms with Gasteiger partial charge in [-0.05, 0) is 28.1 Å². The maximum Gasteiger partial charge on any atom is 0.352 e. The molecule has 0 unspecified atom stereocenters. The first kappa shape index (κ1) is 12.8. The van der Waals surface area contributed by atoms with Crippen molar-refractivity contribution in [3.8, 4) is 5.75 Å². The predicted molar refractivity (Wildman–Crippen MR) is 70.4 cm³/mol. The quantitative estimate of drug-likeness (QED) is 0.903. The van der Waals surface area contributed by atoms with Gasteiger partial charge in [-0.2, -0.15) is 0 Å². The first-order valence-electron chi connectivity index (χ1n) is 4.89. The first-order valence-corrected chi connectivity index (χ1v) is 6.49. The van der Waals surface area contributed by atoms with E-state index in [1.807, 2.05) is 6.07 Å². The molecule has 2 aromatic heterocycles. The van der Waals surface area contributed by atoms with Crippen LogP contribution in [0.3, 0.4) is 0 Å². The molecule has 7 heteroatoms. The minimum Gasteiger partial charge on any atom is -0.508 e. The highest BCUT2D eigenvalue weighted by molar-refractivity contribution is 9.11. The minimum absolute atomic E-state index is 0.164. The lowest BCUT2D eigenvalue weighted by Gasteiger charge is -2.08. The fourth-order valence-electron chi connectivity index (χ4n) is 1.52. The summed E-state index contributed by atoms with van der Waals surface area (Å²) in [7, 11) is 0. The van der Waals surface area contributed by atoms with E-state index in [9.17, 15) is 14.7 Å². The van der Waals surface area contributed by atoms with Crippen LogP contribution in [0.4, 0.5) is 0 Å². The first-order chi connectivity index (χ1) is 8.47. The SMILES string of the molecule is O=C(O)c1cc(O)cc(=O)n1Cc1ccc(Br)s1. The molecule has 0 aliphatic carbocycles. The van der Waals surface area contributed by atoms with Gasteiger partial charge in [0.05, 0.1) is 10.3 Å². The molecule has 18 heavy (non-hydrogen) atoms. The Labute approximate surface area is 114 Å². The zero-order valence-corrected chi connectivity index (χ0v) is 11.4. The summed E-state index contributed by atoms with van der Waals surface area (Å²) in [4.78, 5) is 23.6. The maximum atomic E-state index is 11.7. The molecular weight excluding hydrogens is 322 g/mol. The van der Waals surface area contributed by atoms with E-state index < -0.39 is 11.5 Å². The smallest absolute Gasteiger partial charge is 0.352 e. The second-order valence-corrected chi connectivity index (χ2v) is 6.08. The molecule has 0 saturated carbocycles. The summed E-state index contributed by atoms with van der Waals surface area (Å²) in [5.74, 6) is -1.60. The number of carboxylic acids is 1. The van der Waals surface area contributed by atoms with Gasteiger partial charge in [-0.3, -0.25) is 9.36 Å². The monoisotopic (exact) mass is 329 g/mol. The Kier molecular flexibility index (Phi) is 3.53. The normalized spacial score (nSPS) is 10.5. The summed E-state index contributed by atoms with van der Waals surface area (Å²) in [5, 5.41) is 18.3. The molecule has 0 fully saturated rings. The summed E-state index contributed by atoms with van der Waals surface area (Å²) in [6.07, 6.45) is 0. The highest BCUT2D eigenvalue weighted by atomic mass is 79.9. The summed E-state index contributed by atoms with van der Waals surface area (Å²) in [5.41, 5.74) is -0.776. The Morgan fingerprint density at radius 1 is 1.39 bits per heavy atom. The molecule has 0 bridgehead atoms. The number of nitrogens with zero attached hydrogens (tertiary/aromatic N) is 1. The molecule has 2 rings (SSSR count). The third-order valence-electron chi connectivity index (χ3n) is 2.27. The number of halogens is 1. The Hall–Kier alpha value is -1.60. The molecule has 0 atom stereocenters. The summed E-state index contributed by atoms with van der Waals surface area (Å²) < 4.78 is 2.02. The lowest BCUT2D eigenvalue weighted by molar-refractivity contribution is 0.0683. The molecular formula is C11H8BrNO4S. The number of aromatic carboxylic acids is 1. The van der Waals surface area contributed by atoms with Crippen molar-refractivity contribution in [3.05, 3.63) is 49.0 Å². The van der Waals surface area contributed by atoms with E-state index in [1.54, 1.807) is 6.07 Å². The van der Waals surface area contributed by atoms with Crippen molar-refractivity contribution >= 4 is 33.2 Å². The Balaban J connectivity index is 2.49. The predicted octanol–water partition coefficient (Wildman–Crippen LogP) is 2.12. The van der Waals surface area contributed by atoms with Gasteiger partial charge in [-0.15, -0.1) is 11.3 Å². The van der Waals surface area contributed by atoms with E-state index in [-0.39, 0.29) is 18.0 Å². The van der Waals surface area contributed by atoms with Gasteiger partial charge >= 0.3 is 5.97 Å². The third kappa shape index (κ3) is 2.62. The number of aromatic nitrogens is 1. The van der Waals surface area contributed by atoms with Gasteiger partial charge in [0, 0.05) is 17.0 Å². The number of thiophene rings is 1. The highest BCUT2D eigenvalue weighted by Gasteiger charge is 2.14. The molecule has 0 saturated heterocycles. The van der Waals surface area contributed by atoms with Gasteiger partial charge in [0.2, 0.25) is 0 Å². The molecule has 0 aromatic carbocycles. The van der Waals surface area contributed by atoms with Crippen molar-refractivity contribution in [3.63, 3.8) is 0 Å². The second-order valence-electron chi connectivity index (χ2n) is 3.53. The van der Waals surface area contributed by atoms with Gasteiger partial charge in [0.1, 0.15) is 11.4 Å². The van der Waals surface area contributed by atoms with Crippen LogP contribution in [0.15, 0.2) is 32.8 Å². The molecule has 0 spiro atoms. The number of carbonyl (C=O) groups is 1. The van der Waals surface area contributed by atoms with Crippen LogP contribution in [-0.4, -0.2) is 20.7 Å². The van der Waals surface area contributed by atoms with Crippen molar-refractivity contribution < 1.29 is 15.0 Å². The van der Waals surface area contributed by atoms with Gasteiger partial charge < -0.3 is 10.2 Å². The standard InChI is InChI=1S/C11H8BrNO4S/c12-9-2-1-7(18-9)5-13-8(11(16)17)3-6(14)4-10(13)15/h1-4,14H,5H2,(H,16,17). The van der Waals surface area contributed by atoms with Crippen molar-refractivity contribution in [2.75, 3.05) is 0 Å². The third-order valence-corrected chi connectivity index (χ3v) is 3.88. The average Bonchev–Trinajstić information content (AvgIpc) is 2.67.